The van der Waals surface area contributed by atoms with Crippen molar-refractivity contribution in [2.24, 2.45) is 0 Å². The highest BCUT2D eigenvalue weighted by Gasteiger charge is 2.20. The van der Waals surface area contributed by atoms with E-state index in [1.54, 1.807) is 12.1 Å². The number of benzene rings is 3. The van der Waals surface area contributed by atoms with E-state index < -0.39 is 0 Å². The SMILES string of the molecule is O=C(c1ccccc1)c1sc(NCc2ccc(F)cc2)nc1-c1ccccc1. The molecule has 5 heteroatoms. The summed E-state index contributed by atoms with van der Waals surface area (Å²) in [5, 5.41) is 3.91. The molecule has 4 rings (SSSR count). The van der Waals surface area contributed by atoms with Crippen molar-refractivity contribution < 1.29 is 9.18 Å². The molecule has 0 radical (unpaired) electrons. The van der Waals surface area contributed by atoms with Gasteiger partial charge < -0.3 is 5.32 Å². The molecule has 1 N–H and O–H groups in total. The number of carbonyl (C=O) groups excluding carboxylic acids is 1. The summed E-state index contributed by atoms with van der Waals surface area (Å²) in [4.78, 5) is 18.3. The normalized spacial score (nSPS) is 10.6. The molecule has 0 aliphatic rings. The fourth-order valence-corrected chi connectivity index (χ4v) is 3.79. The maximum absolute atomic E-state index is 13.1. The predicted molar refractivity (Wildman–Crippen MR) is 111 cm³/mol. The van der Waals surface area contributed by atoms with E-state index in [0.29, 0.717) is 27.8 Å². The van der Waals surface area contributed by atoms with Gasteiger partial charge in [0.25, 0.3) is 0 Å². The van der Waals surface area contributed by atoms with Gasteiger partial charge in [0.2, 0.25) is 5.78 Å². The van der Waals surface area contributed by atoms with Crippen LogP contribution in [0.1, 0.15) is 20.8 Å². The zero-order valence-corrected chi connectivity index (χ0v) is 15.7. The number of hydrogen-bond acceptors (Lipinski definition) is 4. The summed E-state index contributed by atoms with van der Waals surface area (Å²) in [6, 6.07) is 25.2. The molecule has 0 fully saturated rings. The fraction of sp³-hybridized carbons (Fsp3) is 0.0435. The van der Waals surface area contributed by atoms with E-state index in [-0.39, 0.29) is 11.6 Å². The summed E-state index contributed by atoms with van der Waals surface area (Å²) in [5.41, 5.74) is 3.14. The molecule has 0 aliphatic heterocycles. The van der Waals surface area contributed by atoms with Crippen molar-refractivity contribution in [1.82, 2.24) is 4.98 Å². The Morgan fingerprint density at radius 3 is 2.21 bits per heavy atom. The predicted octanol–water partition coefficient (Wildman–Crippen LogP) is 5.79. The van der Waals surface area contributed by atoms with Gasteiger partial charge in [-0.05, 0) is 17.7 Å². The highest BCUT2D eigenvalue weighted by Crippen LogP contribution is 2.33. The lowest BCUT2D eigenvalue weighted by atomic mass is 10.1. The van der Waals surface area contributed by atoms with Crippen LogP contribution >= 0.6 is 11.3 Å². The number of rotatable bonds is 6. The summed E-state index contributed by atoms with van der Waals surface area (Å²) in [5.74, 6) is -0.313. The molecule has 3 nitrogen and oxygen atoms in total. The van der Waals surface area contributed by atoms with Crippen molar-refractivity contribution in [2.45, 2.75) is 6.54 Å². The Balaban J connectivity index is 1.66. The minimum absolute atomic E-state index is 0.0493. The van der Waals surface area contributed by atoms with Crippen molar-refractivity contribution in [1.29, 1.82) is 0 Å². The Morgan fingerprint density at radius 1 is 0.893 bits per heavy atom. The Hall–Kier alpha value is -3.31. The molecule has 0 spiro atoms. The van der Waals surface area contributed by atoms with Gasteiger partial charge in [-0.2, -0.15) is 0 Å². The van der Waals surface area contributed by atoms with Crippen molar-refractivity contribution >= 4 is 22.3 Å². The highest BCUT2D eigenvalue weighted by molar-refractivity contribution is 7.18. The van der Waals surface area contributed by atoms with Crippen LogP contribution in [0.2, 0.25) is 0 Å². The lowest BCUT2D eigenvalue weighted by molar-refractivity contribution is 0.104. The Morgan fingerprint density at radius 2 is 1.54 bits per heavy atom. The summed E-state index contributed by atoms with van der Waals surface area (Å²) in [7, 11) is 0. The third kappa shape index (κ3) is 4.00. The van der Waals surface area contributed by atoms with Crippen LogP contribution in [0.4, 0.5) is 9.52 Å². The second-order valence-corrected chi connectivity index (χ2v) is 7.24. The second kappa shape index (κ2) is 8.15. The van der Waals surface area contributed by atoms with Crippen LogP contribution in [0.15, 0.2) is 84.9 Å². The Labute approximate surface area is 166 Å². The van der Waals surface area contributed by atoms with Crippen molar-refractivity contribution in [3.63, 3.8) is 0 Å². The van der Waals surface area contributed by atoms with Gasteiger partial charge in [0.05, 0.1) is 5.69 Å². The van der Waals surface area contributed by atoms with Gasteiger partial charge in [0.1, 0.15) is 10.7 Å². The number of aromatic nitrogens is 1. The third-order valence-electron chi connectivity index (χ3n) is 4.27. The summed E-state index contributed by atoms with van der Waals surface area (Å²) < 4.78 is 13.1. The minimum Gasteiger partial charge on any atom is -0.357 e. The van der Waals surface area contributed by atoms with E-state index in [1.165, 1.54) is 23.5 Å². The van der Waals surface area contributed by atoms with Gasteiger partial charge in [0, 0.05) is 17.7 Å². The molecule has 0 amide bonds. The zero-order valence-electron chi connectivity index (χ0n) is 14.9. The maximum Gasteiger partial charge on any atom is 0.205 e. The van der Waals surface area contributed by atoms with Crippen LogP contribution in [0.5, 0.6) is 0 Å². The number of hydrogen-bond donors (Lipinski definition) is 1. The number of halogens is 1. The van der Waals surface area contributed by atoms with E-state index in [2.05, 4.69) is 10.3 Å². The van der Waals surface area contributed by atoms with Gasteiger partial charge in [-0.15, -0.1) is 0 Å². The molecule has 0 saturated carbocycles. The first-order valence-electron chi connectivity index (χ1n) is 8.85. The maximum atomic E-state index is 13.1. The lowest BCUT2D eigenvalue weighted by Crippen LogP contribution is -2.00. The molecule has 138 valence electrons. The van der Waals surface area contributed by atoms with Crippen LogP contribution in [0.25, 0.3) is 11.3 Å². The first-order chi connectivity index (χ1) is 13.7. The molecule has 1 aromatic heterocycles. The average molecular weight is 388 g/mol. The standard InChI is InChI=1S/C23H17FN2OS/c24-19-13-11-16(12-14-19)15-25-23-26-20(17-7-3-1-4-8-17)22(28-23)21(27)18-9-5-2-6-10-18/h1-14H,15H2,(H,25,26). The lowest BCUT2D eigenvalue weighted by Gasteiger charge is -2.02. The van der Waals surface area contributed by atoms with Gasteiger partial charge >= 0.3 is 0 Å². The summed E-state index contributed by atoms with van der Waals surface area (Å²) in [6.45, 7) is 0.501. The molecule has 3 aromatic carbocycles. The largest absolute Gasteiger partial charge is 0.357 e. The third-order valence-corrected chi connectivity index (χ3v) is 5.29. The number of anilines is 1. The molecule has 0 aliphatic carbocycles. The highest BCUT2D eigenvalue weighted by atomic mass is 32.1. The van der Waals surface area contributed by atoms with Crippen molar-refractivity contribution in [3.8, 4) is 11.3 Å². The number of nitrogens with zero attached hydrogens (tertiary/aromatic N) is 1. The minimum atomic E-state index is -0.264. The number of carbonyl (C=O) groups is 1. The second-order valence-electron chi connectivity index (χ2n) is 6.24. The zero-order chi connectivity index (χ0) is 19.3. The van der Waals surface area contributed by atoms with Crippen molar-refractivity contribution in [2.75, 3.05) is 5.32 Å². The van der Waals surface area contributed by atoms with Gasteiger partial charge in [-0.25, -0.2) is 9.37 Å². The van der Waals surface area contributed by atoms with E-state index >= 15 is 0 Å². The van der Waals surface area contributed by atoms with Crippen LogP contribution in [0.3, 0.4) is 0 Å². The molecule has 4 aromatic rings. The Bertz CT molecular complexity index is 1080. The van der Waals surface area contributed by atoms with Crippen LogP contribution in [0, 0.1) is 5.82 Å². The van der Waals surface area contributed by atoms with E-state index in [1.807, 2.05) is 60.7 Å². The van der Waals surface area contributed by atoms with Gasteiger partial charge in [-0.1, -0.05) is 84.1 Å². The first kappa shape index (κ1) is 18.1. The molecular formula is C23H17FN2OS. The smallest absolute Gasteiger partial charge is 0.205 e. The number of thiazole rings is 1. The topological polar surface area (TPSA) is 42.0 Å². The fourth-order valence-electron chi connectivity index (χ4n) is 2.84. The van der Waals surface area contributed by atoms with Crippen LogP contribution in [-0.2, 0) is 6.54 Å². The molecule has 1 heterocycles. The molecular weight excluding hydrogens is 371 g/mol. The number of ketones is 1. The van der Waals surface area contributed by atoms with E-state index in [9.17, 15) is 9.18 Å². The molecule has 0 atom stereocenters. The van der Waals surface area contributed by atoms with E-state index in [4.69, 9.17) is 0 Å². The average Bonchev–Trinajstić information content (AvgIpc) is 3.18. The molecule has 0 saturated heterocycles. The van der Waals surface area contributed by atoms with Gasteiger partial charge in [-0.3, -0.25) is 4.79 Å². The monoisotopic (exact) mass is 388 g/mol. The quantitative estimate of drug-likeness (QED) is 0.425. The summed E-state index contributed by atoms with van der Waals surface area (Å²) >= 11 is 1.33. The van der Waals surface area contributed by atoms with Crippen LogP contribution < -0.4 is 5.32 Å². The number of nitrogens with one attached hydrogen (secondary N) is 1. The molecule has 0 unspecified atom stereocenters. The Kier molecular flexibility index (Phi) is 5.26. The van der Waals surface area contributed by atoms with E-state index in [0.717, 1.165) is 11.1 Å². The first-order valence-corrected chi connectivity index (χ1v) is 9.66. The van der Waals surface area contributed by atoms with Crippen molar-refractivity contribution in [3.05, 3.63) is 107 Å². The molecule has 0 bridgehead atoms. The molecule has 28 heavy (non-hydrogen) atoms. The van der Waals surface area contributed by atoms with Crippen LogP contribution in [-0.4, -0.2) is 10.8 Å². The summed E-state index contributed by atoms with van der Waals surface area (Å²) in [6.07, 6.45) is 0. The van der Waals surface area contributed by atoms with Gasteiger partial charge in [0.15, 0.2) is 5.13 Å².